The van der Waals surface area contributed by atoms with E-state index >= 15 is 0 Å². The zero-order valence-corrected chi connectivity index (χ0v) is 12.3. The van der Waals surface area contributed by atoms with Crippen LogP contribution in [0.5, 0.6) is 0 Å². The van der Waals surface area contributed by atoms with Gasteiger partial charge in [0.15, 0.2) is 0 Å². The minimum atomic E-state index is -0.220. The Hall–Kier alpha value is -1.09. The summed E-state index contributed by atoms with van der Waals surface area (Å²) in [7, 11) is 0. The molecule has 0 aromatic heterocycles. The Morgan fingerprint density at radius 2 is 2.32 bits per heavy atom. The van der Waals surface area contributed by atoms with Crippen LogP contribution < -0.4 is 0 Å². The van der Waals surface area contributed by atoms with Gasteiger partial charge in [-0.25, -0.2) is 0 Å². The zero-order valence-electron chi connectivity index (χ0n) is 12.3. The molecular formula is C16H24O3. The van der Waals surface area contributed by atoms with Gasteiger partial charge in [0, 0.05) is 18.3 Å². The largest absolute Gasteiger partial charge is 0.465 e. The van der Waals surface area contributed by atoms with Gasteiger partial charge in [0.1, 0.15) is 0 Å². The summed E-state index contributed by atoms with van der Waals surface area (Å²) in [5, 5.41) is 0. The molecule has 1 saturated heterocycles. The van der Waals surface area contributed by atoms with Gasteiger partial charge in [0.25, 0.3) is 0 Å². The first kappa shape index (κ1) is 14.3. The molecule has 2 aliphatic rings. The van der Waals surface area contributed by atoms with E-state index in [1.807, 2.05) is 6.08 Å². The van der Waals surface area contributed by atoms with E-state index in [9.17, 15) is 4.79 Å². The van der Waals surface area contributed by atoms with Gasteiger partial charge in [-0.1, -0.05) is 31.6 Å². The maximum atomic E-state index is 11.1. The Kier molecular flexibility index (Phi) is 3.86. The third-order valence-electron chi connectivity index (χ3n) is 5.07. The summed E-state index contributed by atoms with van der Waals surface area (Å²) in [5.41, 5.74) is 1.26. The van der Waals surface area contributed by atoms with Gasteiger partial charge in [0.2, 0.25) is 0 Å². The van der Waals surface area contributed by atoms with E-state index in [1.165, 1.54) is 12.5 Å². The van der Waals surface area contributed by atoms with Gasteiger partial charge < -0.3 is 9.47 Å². The number of allylic oxidation sites excluding steroid dienone is 1. The highest BCUT2D eigenvalue weighted by Crippen LogP contribution is 2.52. The van der Waals surface area contributed by atoms with Crippen LogP contribution in [0.3, 0.4) is 0 Å². The lowest BCUT2D eigenvalue weighted by molar-refractivity contribution is -0.171. The van der Waals surface area contributed by atoms with E-state index in [2.05, 4.69) is 33.4 Å². The van der Waals surface area contributed by atoms with E-state index < -0.39 is 0 Å². The number of esters is 1. The molecule has 0 saturated carbocycles. The summed E-state index contributed by atoms with van der Waals surface area (Å²) in [5.74, 6) is 0.896. The number of rotatable bonds is 3. The fourth-order valence-corrected chi connectivity index (χ4v) is 3.75. The number of ether oxygens (including phenoxy) is 2. The van der Waals surface area contributed by atoms with Crippen molar-refractivity contribution in [3.8, 4) is 0 Å². The summed E-state index contributed by atoms with van der Waals surface area (Å²) >= 11 is 0. The fraction of sp³-hybridized carbons (Fsp3) is 0.688. The maximum absolute atomic E-state index is 11.1. The quantitative estimate of drug-likeness (QED) is 0.580. The molecule has 1 aliphatic carbocycles. The van der Waals surface area contributed by atoms with Crippen LogP contribution in [0.1, 0.15) is 27.7 Å². The van der Waals surface area contributed by atoms with Crippen molar-refractivity contribution in [3.63, 3.8) is 0 Å². The van der Waals surface area contributed by atoms with Crippen LogP contribution in [0.15, 0.2) is 24.3 Å². The van der Waals surface area contributed by atoms with Crippen molar-refractivity contribution in [1.82, 2.24) is 0 Å². The molecule has 0 radical (unpaired) electrons. The third kappa shape index (κ3) is 2.25. The van der Waals surface area contributed by atoms with Crippen LogP contribution in [0.25, 0.3) is 0 Å². The first-order valence-corrected chi connectivity index (χ1v) is 6.98. The van der Waals surface area contributed by atoms with E-state index in [0.717, 1.165) is 0 Å². The van der Waals surface area contributed by atoms with Crippen molar-refractivity contribution in [2.45, 2.75) is 33.8 Å². The van der Waals surface area contributed by atoms with Gasteiger partial charge in [-0.05, 0) is 18.8 Å². The first-order chi connectivity index (χ1) is 8.92. The predicted octanol–water partition coefficient (Wildman–Crippen LogP) is 2.97. The molecule has 0 aromatic rings. The van der Waals surface area contributed by atoms with Crippen molar-refractivity contribution < 1.29 is 14.3 Å². The van der Waals surface area contributed by atoms with Crippen molar-refractivity contribution in [1.29, 1.82) is 0 Å². The van der Waals surface area contributed by atoms with E-state index in [1.54, 1.807) is 0 Å². The number of fused-ring (bicyclic) bond motifs is 2. The molecular weight excluding hydrogens is 240 g/mol. The third-order valence-corrected chi connectivity index (χ3v) is 5.07. The second kappa shape index (κ2) is 5.12. The Labute approximate surface area is 115 Å². The molecule has 1 fully saturated rings. The van der Waals surface area contributed by atoms with Gasteiger partial charge in [-0.3, -0.25) is 4.79 Å². The minimum absolute atomic E-state index is 0.0733. The smallest absolute Gasteiger partial charge is 0.302 e. The number of hydrogen-bond acceptors (Lipinski definition) is 3. The molecule has 0 N–H and O–H groups in total. The van der Waals surface area contributed by atoms with Gasteiger partial charge in [-0.2, -0.15) is 0 Å². The lowest BCUT2D eigenvalue weighted by Crippen LogP contribution is -2.56. The number of hydrogen-bond donors (Lipinski definition) is 0. The summed E-state index contributed by atoms with van der Waals surface area (Å²) < 4.78 is 11.3. The average molecular weight is 264 g/mol. The molecule has 5 atom stereocenters. The fourth-order valence-electron chi connectivity index (χ4n) is 3.75. The lowest BCUT2D eigenvalue weighted by Gasteiger charge is -2.54. The summed E-state index contributed by atoms with van der Waals surface area (Å²) in [6, 6.07) is 0. The van der Waals surface area contributed by atoms with Crippen LogP contribution >= 0.6 is 0 Å². The average Bonchev–Trinajstić information content (AvgIpc) is 2.34. The van der Waals surface area contributed by atoms with Gasteiger partial charge in [-0.15, -0.1) is 6.58 Å². The Bertz CT molecular complexity index is 412. The second-order valence-electron chi connectivity index (χ2n) is 6.04. The molecule has 0 unspecified atom stereocenters. The molecule has 19 heavy (non-hydrogen) atoms. The molecule has 1 heterocycles. The summed E-state index contributed by atoms with van der Waals surface area (Å²) in [6.45, 7) is 13.0. The highest BCUT2D eigenvalue weighted by molar-refractivity contribution is 5.65. The molecule has 1 aliphatic heterocycles. The van der Waals surface area contributed by atoms with Gasteiger partial charge >= 0.3 is 5.97 Å². The van der Waals surface area contributed by atoms with Crippen LogP contribution in [-0.4, -0.2) is 25.3 Å². The maximum Gasteiger partial charge on any atom is 0.302 e. The SMILES string of the molecule is C=C[C@@H]1OC[C@]2(COC(C)=O)[C@H](C)[C@H]1C(C)=C[C@@H]2C. The van der Waals surface area contributed by atoms with E-state index in [4.69, 9.17) is 9.47 Å². The van der Waals surface area contributed by atoms with Crippen molar-refractivity contribution in [2.75, 3.05) is 13.2 Å². The van der Waals surface area contributed by atoms with E-state index in [-0.39, 0.29) is 17.5 Å². The summed E-state index contributed by atoms with van der Waals surface area (Å²) in [6.07, 6.45) is 4.28. The number of carbonyl (C=O) groups is 1. The van der Waals surface area contributed by atoms with Crippen molar-refractivity contribution in [3.05, 3.63) is 24.3 Å². The topological polar surface area (TPSA) is 35.5 Å². The Morgan fingerprint density at radius 1 is 1.63 bits per heavy atom. The molecule has 0 aromatic carbocycles. The lowest BCUT2D eigenvalue weighted by atomic mass is 9.56. The first-order valence-electron chi connectivity index (χ1n) is 6.98. The van der Waals surface area contributed by atoms with Gasteiger partial charge in [0.05, 0.1) is 19.3 Å². The summed E-state index contributed by atoms with van der Waals surface area (Å²) in [4.78, 5) is 11.1. The van der Waals surface area contributed by atoms with Crippen LogP contribution in [-0.2, 0) is 14.3 Å². The van der Waals surface area contributed by atoms with Crippen LogP contribution in [0.4, 0.5) is 0 Å². The molecule has 0 spiro atoms. The number of carbonyl (C=O) groups excluding carboxylic acids is 1. The zero-order chi connectivity index (χ0) is 14.2. The predicted molar refractivity (Wildman–Crippen MR) is 74.6 cm³/mol. The highest BCUT2D eigenvalue weighted by Gasteiger charge is 2.53. The molecule has 3 heteroatoms. The normalized spacial score (nSPS) is 41.4. The molecule has 106 valence electrons. The molecule has 0 amide bonds. The highest BCUT2D eigenvalue weighted by atomic mass is 16.5. The monoisotopic (exact) mass is 264 g/mol. The molecule has 2 bridgehead atoms. The van der Waals surface area contributed by atoms with Crippen molar-refractivity contribution >= 4 is 5.97 Å². The Balaban J connectivity index is 2.33. The van der Waals surface area contributed by atoms with Crippen LogP contribution in [0.2, 0.25) is 0 Å². The van der Waals surface area contributed by atoms with E-state index in [0.29, 0.717) is 31.0 Å². The Morgan fingerprint density at radius 3 is 2.89 bits per heavy atom. The molecule has 2 rings (SSSR count). The van der Waals surface area contributed by atoms with Crippen LogP contribution in [0, 0.1) is 23.2 Å². The minimum Gasteiger partial charge on any atom is -0.465 e. The molecule has 3 nitrogen and oxygen atoms in total. The standard InChI is InChI=1S/C16H24O3/c1-6-14-15-10(2)7-11(3)16(9-19-14,12(15)4)8-18-13(5)17/h6-7,11-12,14-15H,1,8-9H2,2-5H3/t11-,12+,14-,15+,16-/m0/s1. The second-order valence-corrected chi connectivity index (χ2v) is 6.04. The van der Waals surface area contributed by atoms with Crippen molar-refractivity contribution in [2.24, 2.45) is 23.2 Å².